The number of halogens is 1. The number of hydrogen-bond donors (Lipinski definition) is 2. The molecule has 0 bridgehead atoms. The number of pyridine rings is 1. The number of rotatable bonds is 3. The van der Waals surface area contributed by atoms with Gasteiger partial charge in [0.1, 0.15) is 0 Å². The molecule has 1 aromatic carbocycles. The van der Waals surface area contributed by atoms with Crippen LogP contribution in [0.25, 0.3) is 0 Å². The molecule has 3 rings (SSSR count). The number of benzene rings is 1. The Kier molecular flexibility index (Phi) is 6.33. The zero-order valence-electron chi connectivity index (χ0n) is 14.3. The first kappa shape index (κ1) is 19.2. The lowest BCUT2D eigenvalue weighted by atomic mass is 10.1. The van der Waals surface area contributed by atoms with Crippen LogP contribution in [0.1, 0.15) is 20.7 Å². The fourth-order valence-electron chi connectivity index (χ4n) is 2.53. The van der Waals surface area contributed by atoms with Crippen LogP contribution in [0.3, 0.4) is 0 Å². The molecule has 0 radical (unpaired) electrons. The number of aromatic nitrogens is 1. The van der Waals surface area contributed by atoms with Crippen molar-refractivity contribution in [2.75, 3.05) is 31.6 Å². The van der Waals surface area contributed by atoms with E-state index in [-0.39, 0.29) is 11.0 Å². The highest BCUT2D eigenvalue weighted by molar-refractivity contribution is 7.80. The van der Waals surface area contributed by atoms with Crippen molar-refractivity contribution in [3.8, 4) is 0 Å². The molecule has 2 heterocycles. The molecule has 9 heteroatoms. The van der Waals surface area contributed by atoms with E-state index in [1.807, 2.05) is 0 Å². The molecule has 1 aliphatic rings. The van der Waals surface area contributed by atoms with Gasteiger partial charge in [-0.3, -0.25) is 19.9 Å². The predicted octanol–water partition coefficient (Wildman–Crippen LogP) is 2.33. The number of ether oxygens (including phenoxy) is 1. The number of carbonyl (C=O) groups excluding carboxylic acids is 2. The summed E-state index contributed by atoms with van der Waals surface area (Å²) in [6, 6.07) is 8.16. The van der Waals surface area contributed by atoms with Gasteiger partial charge in [-0.15, -0.1) is 0 Å². The van der Waals surface area contributed by atoms with Crippen molar-refractivity contribution in [2.24, 2.45) is 0 Å². The van der Waals surface area contributed by atoms with Crippen molar-refractivity contribution in [3.05, 3.63) is 58.9 Å². The molecule has 2 aromatic rings. The Bertz CT molecular complexity index is 857. The molecule has 0 atom stereocenters. The van der Waals surface area contributed by atoms with Crippen LogP contribution in [-0.4, -0.2) is 53.1 Å². The average Bonchev–Trinajstić information content (AvgIpc) is 2.70. The number of nitrogens with zero attached hydrogens (tertiary/aromatic N) is 2. The summed E-state index contributed by atoms with van der Waals surface area (Å²) in [7, 11) is 0. The van der Waals surface area contributed by atoms with Crippen molar-refractivity contribution in [2.45, 2.75) is 0 Å². The van der Waals surface area contributed by atoms with Gasteiger partial charge in [-0.25, -0.2) is 0 Å². The fourth-order valence-corrected chi connectivity index (χ4v) is 2.90. The monoisotopic (exact) mass is 404 g/mol. The lowest BCUT2D eigenvalue weighted by Crippen LogP contribution is -2.40. The van der Waals surface area contributed by atoms with Crippen molar-refractivity contribution >= 4 is 46.4 Å². The zero-order chi connectivity index (χ0) is 19.2. The molecule has 140 valence electrons. The van der Waals surface area contributed by atoms with Crippen molar-refractivity contribution in [3.63, 3.8) is 0 Å². The van der Waals surface area contributed by atoms with E-state index in [0.29, 0.717) is 48.1 Å². The van der Waals surface area contributed by atoms with Crippen LogP contribution in [0.5, 0.6) is 0 Å². The molecule has 0 spiro atoms. The number of nitrogens with one attached hydrogen (secondary N) is 2. The summed E-state index contributed by atoms with van der Waals surface area (Å²) in [5.41, 5.74) is 1.29. The fraction of sp³-hybridized carbons (Fsp3) is 0.222. The summed E-state index contributed by atoms with van der Waals surface area (Å²) in [6.45, 7) is 2.14. The lowest BCUT2D eigenvalue weighted by molar-refractivity contribution is 0.0303. The highest BCUT2D eigenvalue weighted by Crippen LogP contribution is 2.24. The molecule has 2 amide bonds. The standard InChI is InChI=1S/C18H17ClN4O3S/c19-14-4-3-12(17(25)23-6-8-26-9-7-23)10-15(14)21-18(27)22-16(24)13-2-1-5-20-11-13/h1-5,10-11H,6-9H2,(H2,21,22,24,27). The van der Waals surface area contributed by atoms with Crippen LogP contribution in [0.2, 0.25) is 5.02 Å². The van der Waals surface area contributed by atoms with Crippen molar-refractivity contribution < 1.29 is 14.3 Å². The Morgan fingerprint density at radius 1 is 1.19 bits per heavy atom. The zero-order valence-corrected chi connectivity index (χ0v) is 15.8. The number of morpholine rings is 1. The second kappa shape index (κ2) is 8.90. The molecule has 27 heavy (non-hydrogen) atoms. The summed E-state index contributed by atoms with van der Waals surface area (Å²) in [6.07, 6.45) is 3.01. The lowest BCUT2D eigenvalue weighted by Gasteiger charge is -2.27. The quantitative estimate of drug-likeness (QED) is 0.764. The molecule has 1 aliphatic heterocycles. The van der Waals surface area contributed by atoms with Gasteiger partial charge in [-0.1, -0.05) is 11.6 Å². The highest BCUT2D eigenvalue weighted by atomic mass is 35.5. The van der Waals surface area contributed by atoms with Gasteiger partial charge in [0, 0.05) is 31.0 Å². The SMILES string of the molecule is O=C(NC(=S)Nc1cc(C(=O)N2CCOCC2)ccc1Cl)c1cccnc1. The Balaban J connectivity index is 1.68. The molecule has 0 aliphatic carbocycles. The first-order valence-corrected chi connectivity index (χ1v) is 9.02. The summed E-state index contributed by atoms with van der Waals surface area (Å²) < 4.78 is 5.27. The van der Waals surface area contributed by atoms with Gasteiger partial charge in [0.15, 0.2) is 5.11 Å². The van der Waals surface area contributed by atoms with E-state index in [1.54, 1.807) is 41.4 Å². The van der Waals surface area contributed by atoms with Crippen LogP contribution in [-0.2, 0) is 4.74 Å². The Morgan fingerprint density at radius 2 is 1.96 bits per heavy atom. The van der Waals surface area contributed by atoms with Crippen LogP contribution in [0.4, 0.5) is 5.69 Å². The maximum atomic E-state index is 12.6. The normalized spacial score (nSPS) is 13.7. The van der Waals surface area contributed by atoms with Gasteiger partial charge in [0.25, 0.3) is 11.8 Å². The summed E-state index contributed by atoms with van der Waals surface area (Å²) in [5.74, 6) is -0.499. The van der Waals surface area contributed by atoms with Crippen LogP contribution < -0.4 is 10.6 Å². The van der Waals surface area contributed by atoms with Crippen LogP contribution in [0, 0.1) is 0 Å². The molecular weight excluding hydrogens is 388 g/mol. The Morgan fingerprint density at radius 3 is 2.67 bits per heavy atom. The smallest absolute Gasteiger partial charge is 0.258 e. The van der Waals surface area contributed by atoms with Crippen molar-refractivity contribution in [1.29, 1.82) is 0 Å². The van der Waals surface area contributed by atoms with Crippen LogP contribution in [0.15, 0.2) is 42.7 Å². The van der Waals surface area contributed by atoms with E-state index in [0.717, 1.165) is 0 Å². The van der Waals surface area contributed by atoms with E-state index in [2.05, 4.69) is 15.6 Å². The molecule has 7 nitrogen and oxygen atoms in total. The van der Waals surface area contributed by atoms with E-state index in [9.17, 15) is 9.59 Å². The van der Waals surface area contributed by atoms with E-state index in [4.69, 9.17) is 28.6 Å². The Hall–Kier alpha value is -2.55. The maximum Gasteiger partial charge on any atom is 0.258 e. The third-order valence-corrected chi connectivity index (χ3v) is 4.44. The first-order valence-electron chi connectivity index (χ1n) is 8.23. The summed E-state index contributed by atoms with van der Waals surface area (Å²) >= 11 is 11.4. The van der Waals surface area contributed by atoms with E-state index in [1.165, 1.54) is 6.20 Å². The predicted molar refractivity (Wildman–Crippen MR) is 106 cm³/mol. The molecule has 0 unspecified atom stereocenters. The number of hydrogen-bond acceptors (Lipinski definition) is 5. The third kappa shape index (κ3) is 5.00. The van der Waals surface area contributed by atoms with Gasteiger partial charge < -0.3 is 15.0 Å². The molecule has 1 aromatic heterocycles. The number of thiocarbonyl (C=S) groups is 1. The molecule has 0 saturated carbocycles. The molecular formula is C18H17ClN4O3S. The van der Waals surface area contributed by atoms with Gasteiger partial charge >= 0.3 is 0 Å². The van der Waals surface area contributed by atoms with Gasteiger partial charge in [-0.2, -0.15) is 0 Å². The summed E-state index contributed by atoms with van der Waals surface area (Å²) in [5, 5.41) is 5.87. The van der Waals surface area contributed by atoms with Gasteiger partial charge in [0.05, 0.1) is 29.5 Å². The topological polar surface area (TPSA) is 83.6 Å². The Labute approximate surface area is 166 Å². The molecule has 1 fully saturated rings. The molecule has 2 N–H and O–H groups in total. The van der Waals surface area contributed by atoms with Crippen LogP contribution >= 0.6 is 23.8 Å². The minimum atomic E-state index is -0.391. The van der Waals surface area contributed by atoms with E-state index < -0.39 is 5.91 Å². The second-order valence-electron chi connectivity index (χ2n) is 5.75. The van der Waals surface area contributed by atoms with Gasteiger partial charge in [0.2, 0.25) is 0 Å². The molecule has 1 saturated heterocycles. The minimum Gasteiger partial charge on any atom is -0.378 e. The maximum absolute atomic E-state index is 12.6. The first-order chi connectivity index (χ1) is 13.0. The van der Waals surface area contributed by atoms with Crippen molar-refractivity contribution in [1.82, 2.24) is 15.2 Å². The average molecular weight is 405 g/mol. The number of anilines is 1. The number of amides is 2. The highest BCUT2D eigenvalue weighted by Gasteiger charge is 2.19. The third-order valence-electron chi connectivity index (χ3n) is 3.91. The second-order valence-corrected chi connectivity index (χ2v) is 6.56. The minimum absolute atomic E-state index is 0.0710. The summed E-state index contributed by atoms with van der Waals surface area (Å²) in [4.78, 5) is 30.3. The largest absolute Gasteiger partial charge is 0.378 e. The van der Waals surface area contributed by atoms with Gasteiger partial charge in [-0.05, 0) is 42.5 Å². The van der Waals surface area contributed by atoms with E-state index >= 15 is 0 Å². The number of carbonyl (C=O) groups is 2.